The predicted octanol–water partition coefficient (Wildman–Crippen LogP) is 2.59. The van der Waals surface area contributed by atoms with Crippen molar-refractivity contribution < 1.29 is 9.59 Å². The maximum atomic E-state index is 12.6. The zero-order valence-corrected chi connectivity index (χ0v) is 15.5. The molecule has 2 heterocycles. The van der Waals surface area contributed by atoms with Gasteiger partial charge in [0.15, 0.2) is 0 Å². The van der Waals surface area contributed by atoms with Gasteiger partial charge in [0.2, 0.25) is 5.91 Å². The molecule has 138 valence electrons. The number of benzene rings is 1. The lowest BCUT2D eigenvalue weighted by Gasteiger charge is -2.18. The number of aryl methyl sites for hydroxylation is 2. The molecule has 0 aliphatic heterocycles. The number of hydrogen-bond acceptors (Lipinski definition) is 4. The fraction of sp³-hybridized carbons (Fsp3) is 0.200. The lowest BCUT2D eigenvalue weighted by molar-refractivity contribution is -0.116. The Morgan fingerprint density at radius 1 is 1.15 bits per heavy atom. The van der Waals surface area contributed by atoms with Crippen molar-refractivity contribution in [1.29, 1.82) is 0 Å². The number of hydrogen-bond donors (Lipinski definition) is 1. The first-order valence-corrected chi connectivity index (χ1v) is 8.51. The standard InChI is InChI=1S/C20H21N5O2/c1-14-5-4-6-15(2)19(14)23-18(26)12-24(3)20(27)16-7-8-17(22-11-16)25-10-9-21-13-25/h4-11,13H,12H2,1-3H3,(H,23,26). The van der Waals surface area contributed by atoms with Crippen LogP contribution < -0.4 is 5.32 Å². The molecule has 7 heteroatoms. The van der Waals surface area contributed by atoms with Gasteiger partial charge in [0.25, 0.3) is 5.91 Å². The molecule has 1 N–H and O–H groups in total. The lowest BCUT2D eigenvalue weighted by Crippen LogP contribution is -2.35. The van der Waals surface area contributed by atoms with Gasteiger partial charge in [-0.15, -0.1) is 0 Å². The van der Waals surface area contributed by atoms with Gasteiger partial charge < -0.3 is 10.2 Å². The molecule has 0 fully saturated rings. The normalized spacial score (nSPS) is 10.5. The van der Waals surface area contributed by atoms with Gasteiger partial charge in [-0.25, -0.2) is 9.97 Å². The van der Waals surface area contributed by atoms with Gasteiger partial charge in [0.05, 0.1) is 12.1 Å². The van der Waals surface area contributed by atoms with Crippen LogP contribution in [0.15, 0.2) is 55.2 Å². The van der Waals surface area contributed by atoms with E-state index < -0.39 is 0 Å². The van der Waals surface area contributed by atoms with Gasteiger partial charge in [-0.2, -0.15) is 0 Å². The molecule has 7 nitrogen and oxygen atoms in total. The van der Waals surface area contributed by atoms with E-state index >= 15 is 0 Å². The van der Waals surface area contributed by atoms with Crippen LogP contribution in [-0.4, -0.2) is 44.8 Å². The third-order valence-electron chi connectivity index (χ3n) is 4.24. The van der Waals surface area contributed by atoms with E-state index in [0.717, 1.165) is 16.8 Å². The molecule has 1 aromatic carbocycles. The molecule has 0 saturated carbocycles. The first-order valence-electron chi connectivity index (χ1n) is 8.51. The lowest BCUT2D eigenvalue weighted by atomic mass is 10.1. The number of pyridine rings is 1. The minimum atomic E-state index is -0.267. The maximum Gasteiger partial charge on any atom is 0.255 e. The Labute approximate surface area is 157 Å². The number of carbonyl (C=O) groups is 2. The SMILES string of the molecule is Cc1cccc(C)c1NC(=O)CN(C)C(=O)c1ccc(-n2ccnc2)nc1. The molecule has 0 bridgehead atoms. The topological polar surface area (TPSA) is 80.1 Å². The van der Waals surface area contributed by atoms with Crippen molar-refractivity contribution in [2.45, 2.75) is 13.8 Å². The second-order valence-corrected chi connectivity index (χ2v) is 6.35. The highest BCUT2D eigenvalue weighted by atomic mass is 16.2. The quantitative estimate of drug-likeness (QED) is 0.756. The first-order chi connectivity index (χ1) is 13.0. The fourth-order valence-corrected chi connectivity index (χ4v) is 2.76. The van der Waals surface area contributed by atoms with Crippen LogP contribution in [0.3, 0.4) is 0 Å². The molecule has 0 atom stereocenters. The zero-order valence-electron chi connectivity index (χ0n) is 15.5. The summed E-state index contributed by atoms with van der Waals surface area (Å²) in [7, 11) is 1.59. The number of amides is 2. The van der Waals surface area contributed by atoms with E-state index in [1.807, 2.05) is 32.0 Å². The van der Waals surface area contributed by atoms with Crippen LogP contribution in [0.2, 0.25) is 0 Å². The summed E-state index contributed by atoms with van der Waals surface area (Å²) in [5.74, 6) is 0.155. The van der Waals surface area contributed by atoms with Crippen molar-refractivity contribution in [3.05, 3.63) is 71.9 Å². The van der Waals surface area contributed by atoms with Crippen LogP contribution in [0.25, 0.3) is 5.82 Å². The molecule has 0 saturated heterocycles. The molecule has 0 spiro atoms. The number of anilines is 1. The number of likely N-dealkylation sites (N-methyl/N-ethyl adjacent to an activating group) is 1. The van der Waals surface area contributed by atoms with Crippen LogP contribution in [0.4, 0.5) is 5.69 Å². The highest BCUT2D eigenvalue weighted by Gasteiger charge is 2.16. The number of aromatic nitrogens is 3. The van der Waals surface area contributed by atoms with Crippen molar-refractivity contribution in [2.75, 3.05) is 18.9 Å². The molecule has 3 aromatic rings. The maximum absolute atomic E-state index is 12.6. The molecular weight excluding hydrogens is 342 g/mol. The smallest absolute Gasteiger partial charge is 0.255 e. The third kappa shape index (κ3) is 4.20. The second-order valence-electron chi connectivity index (χ2n) is 6.35. The minimum Gasteiger partial charge on any atom is -0.332 e. The largest absolute Gasteiger partial charge is 0.332 e. The van der Waals surface area contributed by atoms with Crippen molar-refractivity contribution in [3.63, 3.8) is 0 Å². The molecule has 0 radical (unpaired) electrons. The van der Waals surface area contributed by atoms with Crippen LogP contribution in [-0.2, 0) is 4.79 Å². The van der Waals surface area contributed by atoms with Gasteiger partial charge in [0, 0.05) is 31.3 Å². The summed E-state index contributed by atoms with van der Waals surface area (Å²) in [5, 5.41) is 2.88. The third-order valence-corrected chi connectivity index (χ3v) is 4.24. The Morgan fingerprint density at radius 3 is 2.48 bits per heavy atom. The summed E-state index contributed by atoms with van der Waals surface area (Å²) in [6, 6.07) is 9.23. The average molecular weight is 363 g/mol. The summed E-state index contributed by atoms with van der Waals surface area (Å²) in [6.45, 7) is 3.83. The first kappa shape index (κ1) is 18.3. The van der Waals surface area contributed by atoms with Crippen LogP contribution >= 0.6 is 0 Å². The molecule has 0 aliphatic rings. The van der Waals surface area contributed by atoms with Crippen LogP contribution in [0.5, 0.6) is 0 Å². The predicted molar refractivity (Wildman–Crippen MR) is 103 cm³/mol. The van der Waals surface area contributed by atoms with Gasteiger partial charge in [-0.3, -0.25) is 14.2 Å². The number of imidazole rings is 1. The zero-order chi connectivity index (χ0) is 19.4. The summed E-state index contributed by atoms with van der Waals surface area (Å²) in [4.78, 5) is 34.5. The number of nitrogens with one attached hydrogen (secondary N) is 1. The summed E-state index contributed by atoms with van der Waals surface area (Å²) >= 11 is 0. The van der Waals surface area contributed by atoms with Gasteiger partial charge in [-0.1, -0.05) is 18.2 Å². The Balaban J connectivity index is 1.64. The summed E-state index contributed by atoms with van der Waals surface area (Å²) in [5.41, 5.74) is 3.17. The molecule has 3 rings (SSSR count). The number of para-hydroxylation sites is 1. The molecule has 27 heavy (non-hydrogen) atoms. The number of nitrogens with zero attached hydrogens (tertiary/aromatic N) is 4. The van der Waals surface area contributed by atoms with Crippen LogP contribution in [0, 0.1) is 13.8 Å². The summed E-state index contributed by atoms with van der Waals surface area (Å²) in [6.07, 6.45) is 6.56. The van der Waals surface area contributed by atoms with E-state index in [1.165, 1.54) is 11.1 Å². The van der Waals surface area contributed by atoms with Gasteiger partial charge in [0.1, 0.15) is 12.1 Å². The van der Waals surface area contributed by atoms with E-state index in [2.05, 4.69) is 15.3 Å². The van der Waals surface area contributed by atoms with Gasteiger partial charge >= 0.3 is 0 Å². The number of rotatable bonds is 5. The Morgan fingerprint density at radius 2 is 1.89 bits per heavy atom. The van der Waals surface area contributed by atoms with E-state index in [0.29, 0.717) is 11.4 Å². The van der Waals surface area contributed by atoms with Crippen molar-refractivity contribution in [2.24, 2.45) is 0 Å². The molecule has 0 aliphatic carbocycles. The molecule has 2 aromatic heterocycles. The molecule has 0 unspecified atom stereocenters. The number of carbonyl (C=O) groups excluding carboxylic acids is 2. The van der Waals surface area contributed by atoms with Crippen molar-refractivity contribution in [1.82, 2.24) is 19.4 Å². The average Bonchev–Trinajstić information content (AvgIpc) is 3.19. The van der Waals surface area contributed by atoms with Crippen molar-refractivity contribution in [3.8, 4) is 5.82 Å². The minimum absolute atomic E-state index is 0.0458. The molecule has 2 amide bonds. The Bertz CT molecular complexity index is 929. The van der Waals surface area contributed by atoms with E-state index in [9.17, 15) is 9.59 Å². The Kier molecular flexibility index (Phi) is 5.30. The van der Waals surface area contributed by atoms with Gasteiger partial charge in [-0.05, 0) is 37.1 Å². The van der Waals surface area contributed by atoms with Crippen molar-refractivity contribution >= 4 is 17.5 Å². The molecular formula is C20H21N5O2. The summed E-state index contributed by atoms with van der Waals surface area (Å²) < 4.78 is 1.75. The van der Waals surface area contributed by atoms with E-state index in [4.69, 9.17) is 0 Å². The highest BCUT2D eigenvalue weighted by molar-refractivity contribution is 5.99. The Hall–Kier alpha value is -3.48. The second kappa shape index (κ2) is 7.82. The van der Waals surface area contributed by atoms with Crippen LogP contribution in [0.1, 0.15) is 21.5 Å². The van der Waals surface area contributed by atoms with E-state index in [-0.39, 0.29) is 18.4 Å². The fourth-order valence-electron chi connectivity index (χ4n) is 2.76. The highest BCUT2D eigenvalue weighted by Crippen LogP contribution is 2.19. The monoisotopic (exact) mass is 363 g/mol. The van der Waals surface area contributed by atoms with E-state index in [1.54, 1.807) is 42.5 Å².